The average molecular weight is 329 g/mol. The number of ether oxygens (including phenoxy) is 1. The molecule has 106 valence electrons. The first kappa shape index (κ1) is 14.1. The third kappa shape index (κ3) is 2.65. The monoisotopic (exact) mass is 328 g/mol. The van der Waals surface area contributed by atoms with Crippen LogP contribution in [0.4, 0.5) is 0 Å². The molecule has 1 aromatic carbocycles. The lowest BCUT2D eigenvalue weighted by Crippen LogP contribution is -1.96. The first-order valence-corrected chi connectivity index (χ1v) is 8.22. The van der Waals surface area contributed by atoms with Crippen molar-refractivity contribution in [2.75, 3.05) is 6.61 Å². The van der Waals surface area contributed by atoms with Gasteiger partial charge in [0.25, 0.3) is 0 Å². The van der Waals surface area contributed by atoms with Gasteiger partial charge in [-0.25, -0.2) is 4.98 Å². The molecule has 0 fully saturated rings. The minimum Gasteiger partial charge on any atom is -0.493 e. The summed E-state index contributed by atoms with van der Waals surface area (Å²) in [5.41, 5.74) is 3.35. The summed E-state index contributed by atoms with van der Waals surface area (Å²) in [4.78, 5) is 4.39. The van der Waals surface area contributed by atoms with Gasteiger partial charge in [0.1, 0.15) is 5.75 Å². The van der Waals surface area contributed by atoms with Gasteiger partial charge in [-0.3, -0.25) is 0 Å². The predicted molar refractivity (Wildman–Crippen MR) is 83.0 cm³/mol. The van der Waals surface area contributed by atoms with Crippen LogP contribution in [0.2, 0.25) is 5.02 Å². The molecule has 0 saturated heterocycles. The first-order chi connectivity index (χ1) is 9.69. The van der Waals surface area contributed by atoms with Crippen LogP contribution in [0.15, 0.2) is 23.5 Å². The van der Waals surface area contributed by atoms with Crippen LogP contribution < -0.4 is 4.74 Å². The zero-order valence-electron chi connectivity index (χ0n) is 11.0. The largest absolute Gasteiger partial charge is 0.493 e. The maximum Gasteiger partial charge on any atom is 0.168 e. The molecular formula is C14H14Cl2N2OS. The highest BCUT2D eigenvalue weighted by Crippen LogP contribution is 2.36. The van der Waals surface area contributed by atoms with Gasteiger partial charge in [-0.1, -0.05) is 23.4 Å². The average Bonchev–Trinajstić information content (AvgIpc) is 3.02. The maximum atomic E-state index is 6.17. The molecule has 3 nitrogen and oxygen atoms in total. The van der Waals surface area contributed by atoms with Crippen LogP contribution in [0, 0.1) is 0 Å². The Morgan fingerprint density at radius 2 is 2.30 bits per heavy atom. The summed E-state index contributed by atoms with van der Waals surface area (Å²) >= 11 is 13.7. The minimum absolute atomic E-state index is 0.472. The molecule has 0 saturated carbocycles. The molecule has 1 aromatic heterocycles. The molecule has 1 aliphatic heterocycles. The van der Waals surface area contributed by atoms with Crippen LogP contribution in [0.3, 0.4) is 0 Å². The van der Waals surface area contributed by atoms with E-state index >= 15 is 0 Å². The van der Waals surface area contributed by atoms with E-state index in [2.05, 4.69) is 4.98 Å². The Morgan fingerprint density at radius 3 is 3.05 bits per heavy atom. The number of hydrogen-bond acceptors (Lipinski definition) is 3. The number of benzene rings is 1. The highest BCUT2D eigenvalue weighted by molar-refractivity contribution is 7.98. The molecule has 2 heterocycles. The van der Waals surface area contributed by atoms with E-state index in [9.17, 15) is 0 Å². The smallest absolute Gasteiger partial charge is 0.168 e. The molecule has 6 heteroatoms. The van der Waals surface area contributed by atoms with E-state index in [0.29, 0.717) is 5.88 Å². The SMILES string of the molecule is Cn1c(CCl)cnc1SCc1cc(Cl)cc2c1OCC2. The fourth-order valence-electron chi connectivity index (χ4n) is 2.28. The van der Waals surface area contributed by atoms with Crippen molar-refractivity contribution >= 4 is 35.0 Å². The molecule has 0 atom stereocenters. The number of halogens is 2. The predicted octanol–water partition coefficient (Wildman–Crippen LogP) is 4.04. The third-order valence-electron chi connectivity index (χ3n) is 3.36. The molecule has 1 aliphatic rings. The summed E-state index contributed by atoms with van der Waals surface area (Å²) in [5.74, 6) is 2.25. The van der Waals surface area contributed by atoms with Gasteiger partial charge in [0.05, 0.1) is 24.4 Å². The molecule has 20 heavy (non-hydrogen) atoms. The number of fused-ring (bicyclic) bond motifs is 1. The van der Waals surface area contributed by atoms with Crippen LogP contribution >= 0.6 is 35.0 Å². The summed E-state index contributed by atoms with van der Waals surface area (Å²) in [6, 6.07) is 3.97. The van der Waals surface area contributed by atoms with E-state index in [1.54, 1.807) is 11.8 Å². The van der Waals surface area contributed by atoms with Gasteiger partial charge < -0.3 is 9.30 Å². The van der Waals surface area contributed by atoms with Crippen molar-refractivity contribution in [1.82, 2.24) is 9.55 Å². The van der Waals surface area contributed by atoms with Crippen molar-refractivity contribution in [3.05, 3.63) is 40.2 Å². The summed E-state index contributed by atoms with van der Waals surface area (Å²) in [6.45, 7) is 0.742. The molecule has 3 rings (SSSR count). The molecule has 2 aromatic rings. The summed E-state index contributed by atoms with van der Waals surface area (Å²) in [6.07, 6.45) is 2.75. The van der Waals surface area contributed by atoms with Crippen molar-refractivity contribution in [1.29, 1.82) is 0 Å². The lowest BCUT2D eigenvalue weighted by molar-refractivity contribution is 0.354. The number of alkyl halides is 1. The molecule has 0 radical (unpaired) electrons. The zero-order valence-corrected chi connectivity index (χ0v) is 13.4. The van der Waals surface area contributed by atoms with Crippen molar-refractivity contribution in [2.45, 2.75) is 23.2 Å². The van der Waals surface area contributed by atoms with Crippen molar-refractivity contribution in [3.63, 3.8) is 0 Å². The number of rotatable bonds is 4. The van der Waals surface area contributed by atoms with Gasteiger partial charge in [-0.05, 0) is 17.7 Å². The first-order valence-electron chi connectivity index (χ1n) is 6.32. The van der Waals surface area contributed by atoms with Gasteiger partial charge >= 0.3 is 0 Å². The number of imidazole rings is 1. The van der Waals surface area contributed by atoms with Gasteiger partial charge in [0.2, 0.25) is 0 Å². The highest BCUT2D eigenvalue weighted by Gasteiger charge is 2.18. The Hall–Kier alpha value is -0.840. The maximum absolute atomic E-state index is 6.17. The Balaban J connectivity index is 1.80. The second-order valence-electron chi connectivity index (χ2n) is 4.67. The third-order valence-corrected chi connectivity index (χ3v) is 4.95. The van der Waals surface area contributed by atoms with Crippen molar-refractivity contribution in [3.8, 4) is 5.75 Å². The van der Waals surface area contributed by atoms with Crippen LogP contribution in [0.1, 0.15) is 16.8 Å². The van der Waals surface area contributed by atoms with E-state index in [0.717, 1.165) is 46.0 Å². The Bertz CT molecular complexity index is 642. The van der Waals surface area contributed by atoms with Crippen LogP contribution in [-0.4, -0.2) is 16.2 Å². The highest BCUT2D eigenvalue weighted by atomic mass is 35.5. The summed E-state index contributed by atoms with van der Waals surface area (Å²) in [5, 5.41) is 1.72. The molecule has 0 aliphatic carbocycles. The standard InChI is InChI=1S/C14H14Cl2N2OS/c1-18-12(6-15)7-17-14(18)20-8-10-5-11(16)4-9-2-3-19-13(9)10/h4-5,7H,2-3,6,8H2,1H3. The molecule has 0 bridgehead atoms. The van der Waals surface area contributed by atoms with Crippen LogP contribution in [0.25, 0.3) is 0 Å². The van der Waals surface area contributed by atoms with Gasteiger partial charge in [0.15, 0.2) is 5.16 Å². The Labute approximate surface area is 132 Å². The number of nitrogens with zero attached hydrogens (tertiary/aromatic N) is 2. The van der Waals surface area contributed by atoms with E-state index in [1.165, 1.54) is 5.56 Å². The van der Waals surface area contributed by atoms with Gasteiger partial charge in [-0.15, -0.1) is 11.6 Å². The zero-order chi connectivity index (χ0) is 14.1. The lowest BCUT2D eigenvalue weighted by Gasteiger charge is -2.09. The van der Waals surface area contributed by atoms with Crippen LogP contribution in [-0.2, 0) is 25.1 Å². The quantitative estimate of drug-likeness (QED) is 0.626. The summed E-state index contributed by atoms with van der Waals surface area (Å²) in [7, 11) is 1.98. The molecule has 0 unspecified atom stereocenters. The Kier molecular flexibility index (Phi) is 4.15. The Morgan fingerprint density at radius 1 is 1.45 bits per heavy atom. The fraction of sp³-hybridized carbons (Fsp3) is 0.357. The molecule has 0 amide bonds. The number of thioether (sulfide) groups is 1. The van der Waals surface area contributed by atoms with Gasteiger partial charge in [0, 0.05) is 29.8 Å². The molecular weight excluding hydrogens is 315 g/mol. The second kappa shape index (κ2) is 5.88. The van der Waals surface area contributed by atoms with Crippen LogP contribution in [0.5, 0.6) is 5.75 Å². The number of aromatic nitrogens is 2. The summed E-state index contributed by atoms with van der Waals surface area (Å²) < 4.78 is 7.73. The second-order valence-corrected chi connectivity index (χ2v) is 6.31. The lowest BCUT2D eigenvalue weighted by atomic mass is 10.1. The normalized spacial score (nSPS) is 13.3. The van der Waals surface area contributed by atoms with E-state index in [-0.39, 0.29) is 0 Å². The minimum atomic E-state index is 0.472. The number of hydrogen-bond donors (Lipinski definition) is 0. The fourth-order valence-corrected chi connectivity index (χ4v) is 3.73. The van der Waals surface area contributed by atoms with Gasteiger partial charge in [-0.2, -0.15) is 0 Å². The molecule has 0 spiro atoms. The van der Waals surface area contributed by atoms with E-state index < -0.39 is 0 Å². The van der Waals surface area contributed by atoms with E-state index in [1.807, 2.05) is 29.9 Å². The van der Waals surface area contributed by atoms with E-state index in [4.69, 9.17) is 27.9 Å². The molecule has 0 N–H and O–H groups in total. The van der Waals surface area contributed by atoms with Crippen molar-refractivity contribution < 1.29 is 4.74 Å². The van der Waals surface area contributed by atoms with Crippen molar-refractivity contribution in [2.24, 2.45) is 7.05 Å². The topological polar surface area (TPSA) is 27.1 Å².